The van der Waals surface area contributed by atoms with Crippen LogP contribution in [0.2, 0.25) is 0 Å². The van der Waals surface area contributed by atoms with E-state index in [1.807, 2.05) is 12.1 Å². The minimum Gasteiger partial charge on any atom is -0.493 e. The Kier molecular flexibility index (Phi) is 6.16. The number of rotatable bonds is 6. The van der Waals surface area contributed by atoms with E-state index in [0.29, 0.717) is 35.0 Å². The van der Waals surface area contributed by atoms with Gasteiger partial charge < -0.3 is 20.1 Å². The van der Waals surface area contributed by atoms with Gasteiger partial charge in [0.15, 0.2) is 11.5 Å². The Hall–Kier alpha value is -3.05. The molecule has 0 atom stereocenters. The molecular formula is C20H21N3O4S. The van der Waals surface area contributed by atoms with Crippen molar-refractivity contribution in [1.29, 1.82) is 5.26 Å². The summed E-state index contributed by atoms with van der Waals surface area (Å²) in [5, 5.41) is 15.0. The minimum absolute atomic E-state index is 0.299. The second kappa shape index (κ2) is 8.76. The van der Waals surface area contributed by atoms with Crippen molar-refractivity contribution in [3.63, 3.8) is 0 Å². The van der Waals surface area contributed by atoms with Gasteiger partial charge in [0.1, 0.15) is 11.1 Å². The molecule has 2 amide bonds. The van der Waals surface area contributed by atoms with Gasteiger partial charge in [-0.25, -0.2) is 0 Å². The fraction of sp³-hybridized carbons (Fsp3) is 0.350. The Labute approximate surface area is 167 Å². The topological polar surface area (TPSA) is 100 Å². The number of thiophene rings is 1. The third kappa shape index (κ3) is 4.10. The van der Waals surface area contributed by atoms with Crippen LogP contribution in [0.25, 0.3) is 0 Å². The van der Waals surface area contributed by atoms with Gasteiger partial charge in [0.2, 0.25) is 0 Å². The SMILES string of the molecule is COc1ccc(CCNC(=O)C(=O)Nc2sc3c(c2C#N)CCC3)cc1OC. The third-order valence-corrected chi connectivity index (χ3v) is 5.82. The van der Waals surface area contributed by atoms with E-state index < -0.39 is 11.8 Å². The molecule has 146 valence electrons. The second-order valence-corrected chi connectivity index (χ2v) is 7.43. The van der Waals surface area contributed by atoms with E-state index in [1.165, 1.54) is 11.3 Å². The molecule has 8 heteroatoms. The van der Waals surface area contributed by atoms with Gasteiger partial charge >= 0.3 is 11.8 Å². The molecule has 1 aromatic carbocycles. The molecule has 0 unspecified atom stereocenters. The summed E-state index contributed by atoms with van der Waals surface area (Å²) in [6.45, 7) is 0.299. The van der Waals surface area contributed by atoms with Crippen molar-refractivity contribution in [2.24, 2.45) is 0 Å². The van der Waals surface area contributed by atoms with E-state index in [0.717, 1.165) is 35.3 Å². The fourth-order valence-corrected chi connectivity index (χ4v) is 4.44. The Morgan fingerprint density at radius 1 is 1.18 bits per heavy atom. The van der Waals surface area contributed by atoms with E-state index in [9.17, 15) is 14.9 Å². The van der Waals surface area contributed by atoms with Crippen LogP contribution in [0.4, 0.5) is 5.00 Å². The summed E-state index contributed by atoms with van der Waals surface area (Å²) < 4.78 is 10.4. The van der Waals surface area contributed by atoms with Gasteiger partial charge in [-0.15, -0.1) is 11.3 Å². The first-order valence-electron chi connectivity index (χ1n) is 8.92. The summed E-state index contributed by atoms with van der Waals surface area (Å²) in [6, 6.07) is 7.65. The number of carbonyl (C=O) groups excluding carboxylic acids is 2. The standard InChI is InChI=1S/C20H21N3O4S/c1-26-15-7-6-12(10-16(15)27-2)8-9-22-18(24)19(25)23-20-14(11-21)13-4-3-5-17(13)28-20/h6-7,10H,3-5,8-9H2,1-2H3,(H,22,24)(H,23,25). The lowest BCUT2D eigenvalue weighted by Crippen LogP contribution is -2.36. The number of benzene rings is 1. The average Bonchev–Trinajstić information content (AvgIpc) is 3.28. The lowest BCUT2D eigenvalue weighted by molar-refractivity contribution is -0.136. The van der Waals surface area contributed by atoms with Crippen LogP contribution >= 0.6 is 11.3 Å². The van der Waals surface area contributed by atoms with Gasteiger partial charge in [-0.2, -0.15) is 5.26 Å². The summed E-state index contributed by atoms with van der Waals surface area (Å²) in [5.41, 5.74) is 2.44. The third-order valence-electron chi connectivity index (χ3n) is 4.61. The molecule has 28 heavy (non-hydrogen) atoms. The van der Waals surface area contributed by atoms with Gasteiger partial charge in [-0.3, -0.25) is 9.59 Å². The predicted molar refractivity (Wildman–Crippen MR) is 106 cm³/mol. The van der Waals surface area contributed by atoms with Crippen LogP contribution in [0, 0.1) is 11.3 Å². The number of aryl methyl sites for hydroxylation is 1. The zero-order valence-electron chi connectivity index (χ0n) is 15.8. The number of nitriles is 1. The monoisotopic (exact) mass is 399 g/mol. The largest absolute Gasteiger partial charge is 0.493 e. The molecule has 0 aliphatic heterocycles. The zero-order chi connectivity index (χ0) is 20.1. The summed E-state index contributed by atoms with van der Waals surface area (Å²) in [5.74, 6) is -0.244. The highest BCUT2D eigenvalue weighted by molar-refractivity contribution is 7.16. The molecule has 7 nitrogen and oxygen atoms in total. The van der Waals surface area contributed by atoms with Gasteiger partial charge in [-0.1, -0.05) is 6.07 Å². The molecule has 0 fully saturated rings. The van der Waals surface area contributed by atoms with Crippen molar-refractivity contribution in [2.45, 2.75) is 25.7 Å². The highest BCUT2D eigenvalue weighted by Gasteiger charge is 2.24. The Balaban J connectivity index is 1.54. The second-order valence-electron chi connectivity index (χ2n) is 6.32. The lowest BCUT2D eigenvalue weighted by atomic mass is 10.1. The number of hydrogen-bond acceptors (Lipinski definition) is 6. The first kappa shape index (κ1) is 19.7. The normalized spacial score (nSPS) is 12.0. The van der Waals surface area contributed by atoms with E-state index in [2.05, 4.69) is 16.7 Å². The molecule has 1 aliphatic carbocycles. The maximum absolute atomic E-state index is 12.2. The molecule has 0 saturated heterocycles. The van der Waals surface area contributed by atoms with Crippen LogP contribution in [0.15, 0.2) is 18.2 Å². The van der Waals surface area contributed by atoms with Gasteiger partial charge in [0.25, 0.3) is 0 Å². The summed E-state index contributed by atoms with van der Waals surface area (Å²) >= 11 is 1.39. The lowest BCUT2D eigenvalue weighted by Gasteiger charge is -2.10. The quantitative estimate of drug-likeness (QED) is 0.727. The van der Waals surface area contributed by atoms with E-state index in [1.54, 1.807) is 20.3 Å². The highest BCUT2D eigenvalue weighted by atomic mass is 32.1. The molecule has 1 aliphatic rings. The number of nitrogens with zero attached hydrogens (tertiary/aromatic N) is 1. The van der Waals surface area contributed by atoms with Gasteiger partial charge in [-0.05, 0) is 48.9 Å². The number of amides is 2. The number of anilines is 1. The van der Waals surface area contributed by atoms with Crippen molar-refractivity contribution in [1.82, 2.24) is 5.32 Å². The van der Waals surface area contributed by atoms with E-state index in [-0.39, 0.29) is 0 Å². The van der Waals surface area contributed by atoms with Crippen molar-refractivity contribution in [2.75, 3.05) is 26.1 Å². The Morgan fingerprint density at radius 3 is 2.68 bits per heavy atom. The fourth-order valence-electron chi connectivity index (χ4n) is 3.21. The molecule has 0 radical (unpaired) electrons. The van der Waals surface area contributed by atoms with Crippen molar-refractivity contribution in [3.05, 3.63) is 39.8 Å². The molecule has 0 spiro atoms. The van der Waals surface area contributed by atoms with Crippen LogP contribution < -0.4 is 20.1 Å². The van der Waals surface area contributed by atoms with Crippen LogP contribution in [-0.4, -0.2) is 32.6 Å². The molecule has 0 bridgehead atoms. The predicted octanol–water partition coefficient (Wildman–Crippen LogP) is 2.42. The summed E-state index contributed by atoms with van der Waals surface area (Å²) in [4.78, 5) is 25.4. The molecular weight excluding hydrogens is 378 g/mol. The minimum atomic E-state index is -0.760. The Bertz CT molecular complexity index is 946. The summed E-state index contributed by atoms with van der Waals surface area (Å²) in [7, 11) is 3.13. The highest BCUT2D eigenvalue weighted by Crippen LogP contribution is 2.38. The molecule has 0 saturated carbocycles. The summed E-state index contributed by atoms with van der Waals surface area (Å²) in [6.07, 6.45) is 3.33. The number of ether oxygens (including phenoxy) is 2. The van der Waals surface area contributed by atoms with E-state index >= 15 is 0 Å². The first-order chi connectivity index (χ1) is 13.6. The van der Waals surface area contributed by atoms with Crippen molar-refractivity contribution < 1.29 is 19.1 Å². The molecule has 3 rings (SSSR count). The van der Waals surface area contributed by atoms with Crippen LogP contribution in [0.1, 0.15) is 28.0 Å². The van der Waals surface area contributed by atoms with Crippen LogP contribution in [0.5, 0.6) is 11.5 Å². The number of methoxy groups -OCH3 is 2. The maximum Gasteiger partial charge on any atom is 0.314 e. The number of fused-ring (bicyclic) bond motifs is 1. The molecule has 2 aromatic rings. The van der Waals surface area contributed by atoms with Crippen molar-refractivity contribution >= 4 is 28.2 Å². The molecule has 1 heterocycles. The van der Waals surface area contributed by atoms with Gasteiger partial charge in [0, 0.05) is 11.4 Å². The zero-order valence-corrected chi connectivity index (χ0v) is 16.6. The van der Waals surface area contributed by atoms with Crippen LogP contribution in [0.3, 0.4) is 0 Å². The average molecular weight is 399 g/mol. The maximum atomic E-state index is 12.2. The molecule has 1 aromatic heterocycles. The first-order valence-corrected chi connectivity index (χ1v) is 9.73. The Morgan fingerprint density at radius 2 is 1.96 bits per heavy atom. The number of carbonyl (C=O) groups is 2. The van der Waals surface area contributed by atoms with Crippen LogP contribution in [-0.2, 0) is 28.9 Å². The van der Waals surface area contributed by atoms with Gasteiger partial charge in [0.05, 0.1) is 19.8 Å². The smallest absolute Gasteiger partial charge is 0.314 e. The number of nitrogens with one attached hydrogen (secondary N) is 2. The molecule has 2 N–H and O–H groups in total. The van der Waals surface area contributed by atoms with Crippen molar-refractivity contribution in [3.8, 4) is 17.6 Å². The van der Waals surface area contributed by atoms with E-state index in [4.69, 9.17) is 9.47 Å². The number of hydrogen-bond donors (Lipinski definition) is 2.